The van der Waals surface area contributed by atoms with E-state index in [0.717, 1.165) is 11.3 Å². The van der Waals surface area contributed by atoms with Crippen molar-refractivity contribution >= 4 is 11.6 Å². The minimum Gasteiger partial charge on any atom is -0.322 e. The van der Waals surface area contributed by atoms with Gasteiger partial charge in [0.2, 0.25) is 0 Å². The van der Waals surface area contributed by atoms with E-state index in [9.17, 15) is 4.79 Å². The lowest BCUT2D eigenvalue weighted by Gasteiger charge is -2.08. The molecule has 0 saturated carbocycles. The number of hydrogen-bond acceptors (Lipinski definition) is 1. The Bertz CT molecular complexity index is 546. The average Bonchev–Trinajstić information content (AvgIpc) is 2.41. The topological polar surface area (TPSA) is 29.1 Å². The second-order valence-electron chi connectivity index (χ2n) is 3.97. The van der Waals surface area contributed by atoms with Crippen LogP contribution in [-0.4, -0.2) is 5.91 Å². The van der Waals surface area contributed by atoms with Gasteiger partial charge in [0.1, 0.15) is 0 Å². The van der Waals surface area contributed by atoms with Crippen molar-refractivity contribution in [2.75, 3.05) is 5.32 Å². The van der Waals surface area contributed by atoms with Gasteiger partial charge in [-0.25, -0.2) is 0 Å². The number of amides is 1. The zero-order chi connectivity index (χ0) is 12.8. The summed E-state index contributed by atoms with van der Waals surface area (Å²) >= 11 is 0. The summed E-state index contributed by atoms with van der Waals surface area (Å²) in [6.07, 6.45) is 2.49. The lowest BCUT2D eigenvalue weighted by atomic mass is 10.0. The predicted octanol–water partition coefficient (Wildman–Crippen LogP) is 3.67. The molecule has 2 rings (SSSR count). The van der Waals surface area contributed by atoms with E-state index in [1.807, 2.05) is 54.6 Å². The molecule has 1 amide bonds. The molecule has 2 aromatic rings. The molecule has 0 saturated heterocycles. The van der Waals surface area contributed by atoms with Crippen molar-refractivity contribution in [3.8, 4) is 0 Å². The summed E-state index contributed by atoms with van der Waals surface area (Å²) < 4.78 is 0. The number of carbonyl (C=O) groups is 1. The normalized spacial score (nSPS) is 9.78. The van der Waals surface area contributed by atoms with Crippen LogP contribution in [0.15, 0.2) is 67.3 Å². The molecule has 0 aliphatic heterocycles. The van der Waals surface area contributed by atoms with Crippen molar-refractivity contribution in [1.29, 1.82) is 0 Å². The number of rotatable bonds is 4. The van der Waals surface area contributed by atoms with E-state index >= 15 is 0 Å². The van der Waals surface area contributed by atoms with Crippen LogP contribution in [0.2, 0.25) is 0 Å². The number of nitrogens with one attached hydrogen (secondary N) is 1. The molecular formula is C16H15NO. The molecular weight excluding hydrogens is 222 g/mol. The Labute approximate surface area is 107 Å². The second kappa shape index (κ2) is 5.82. The molecule has 0 radical (unpaired) electrons. The first-order valence-corrected chi connectivity index (χ1v) is 5.86. The number of allylic oxidation sites excluding steroid dienone is 1. The molecule has 0 atom stereocenters. The van der Waals surface area contributed by atoms with Crippen LogP contribution in [0.1, 0.15) is 15.9 Å². The summed E-state index contributed by atoms with van der Waals surface area (Å²) in [7, 11) is 0. The van der Waals surface area contributed by atoms with Crippen molar-refractivity contribution in [2.24, 2.45) is 0 Å². The van der Waals surface area contributed by atoms with Gasteiger partial charge < -0.3 is 5.32 Å². The number of benzene rings is 2. The van der Waals surface area contributed by atoms with Crippen LogP contribution in [0.3, 0.4) is 0 Å². The van der Waals surface area contributed by atoms with Crippen molar-refractivity contribution in [1.82, 2.24) is 0 Å². The summed E-state index contributed by atoms with van der Waals surface area (Å²) in [5.74, 6) is -0.0846. The monoisotopic (exact) mass is 237 g/mol. The summed E-state index contributed by atoms with van der Waals surface area (Å²) in [6, 6.07) is 17.0. The number of anilines is 1. The van der Waals surface area contributed by atoms with Gasteiger partial charge >= 0.3 is 0 Å². The quantitative estimate of drug-likeness (QED) is 0.808. The first-order valence-electron chi connectivity index (χ1n) is 5.86. The van der Waals surface area contributed by atoms with Crippen LogP contribution in [-0.2, 0) is 6.42 Å². The first kappa shape index (κ1) is 12.1. The zero-order valence-corrected chi connectivity index (χ0v) is 10.1. The zero-order valence-electron chi connectivity index (χ0n) is 10.1. The van der Waals surface area contributed by atoms with E-state index in [1.54, 1.807) is 6.08 Å². The van der Waals surface area contributed by atoms with Gasteiger partial charge in [-0.1, -0.05) is 42.5 Å². The molecule has 2 aromatic carbocycles. The lowest BCUT2D eigenvalue weighted by molar-refractivity contribution is 0.102. The van der Waals surface area contributed by atoms with Crippen LogP contribution in [0, 0.1) is 0 Å². The van der Waals surface area contributed by atoms with Gasteiger partial charge in [0, 0.05) is 11.3 Å². The van der Waals surface area contributed by atoms with Gasteiger partial charge in [0.05, 0.1) is 0 Å². The Morgan fingerprint density at radius 2 is 1.72 bits per heavy atom. The van der Waals surface area contributed by atoms with E-state index in [4.69, 9.17) is 0 Å². The van der Waals surface area contributed by atoms with E-state index in [-0.39, 0.29) is 5.91 Å². The highest BCUT2D eigenvalue weighted by Crippen LogP contribution is 2.13. The molecule has 0 spiro atoms. The molecule has 90 valence electrons. The van der Waals surface area contributed by atoms with E-state index < -0.39 is 0 Å². The van der Waals surface area contributed by atoms with Crippen molar-refractivity contribution in [2.45, 2.75) is 6.42 Å². The summed E-state index contributed by atoms with van der Waals surface area (Å²) in [5.41, 5.74) is 2.48. The van der Waals surface area contributed by atoms with Crippen LogP contribution >= 0.6 is 0 Å². The molecule has 0 aliphatic rings. The first-order chi connectivity index (χ1) is 8.81. The Kier molecular flexibility index (Phi) is 3.92. The highest BCUT2D eigenvalue weighted by molar-refractivity contribution is 6.05. The highest BCUT2D eigenvalue weighted by Gasteiger charge is 2.09. The van der Waals surface area contributed by atoms with Gasteiger partial charge in [-0.15, -0.1) is 6.58 Å². The van der Waals surface area contributed by atoms with Gasteiger partial charge in [-0.3, -0.25) is 4.79 Å². The third-order valence-corrected chi connectivity index (χ3v) is 2.66. The Morgan fingerprint density at radius 1 is 1.06 bits per heavy atom. The Balaban J connectivity index is 2.21. The number of carbonyl (C=O) groups excluding carboxylic acids is 1. The average molecular weight is 237 g/mol. The van der Waals surface area contributed by atoms with Gasteiger partial charge in [-0.05, 0) is 30.2 Å². The minimum atomic E-state index is -0.0846. The van der Waals surface area contributed by atoms with E-state index in [1.165, 1.54) is 0 Å². The maximum atomic E-state index is 12.2. The van der Waals surface area contributed by atoms with E-state index in [0.29, 0.717) is 12.0 Å². The fourth-order valence-corrected chi connectivity index (χ4v) is 1.80. The maximum absolute atomic E-state index is 12.2. The molecule has 18 heavy (non-hydrogen) atoms. The van der Waals surface area contributed by atoms with Crippen LogP contribution in [0.4, 0.5) is 5.69 Å². The Hall–Kier alpha value is -2.35. The van der Waals surface area contributed by atoms with Crippen molar-refractivity contribution in [3.05, 3.63) is 78.4 Å². The fourth-order valence-electron chi connectivity index (χ4n) is 1.80. The van der Waals surface area contributed by atoms with Crippen LogP contribution in [0.25, 0.3) is 0 Å². The summed E-state index contributed by atoms with van der Waals surface area (Å²) in [6.45, 7) is 3.71. The SMILES string of the molecule is C=CCc1ccccc1C(=O)Nc1ccccc1. The molecule has 0 unspecified atom stereocenters. The molecule has 2 heteroatoms. The minimum absolute atomic E-state index is 0.0846. The van der Waals surface area contributed by atoms with Gasteiger partial charge in [-0.2, -0.15) is 0 Å². The molecule has 0 bridgehead atoms. The standard InChI is InChI=1S/C16H15NO/c1-2-8-13-9-6-7-12-15(13)16(18)17-14-10-4-3-5-11-14/h2-7,9-12H,1,8H2,(H,17,18). The fraction of sp³-hybridized carbons (Fsp3) is 0.0625. The largest absolute Gasteiger partial charge is 0.322 e. The molecule has 0 aromatic heterocycles. The third kappa shape index (κ3) is 2.86. The second-order valence-corrected chi connectivity index (χ2v) is 3.97. The highest BCUT2D eigenvalue weighted by atomic mass is 16.1. The number of para-hydroxylation sites is 1. The molecule has 0 heterocycles. The van der Waals surface area contributed by atoms with Crippen molar-refractivity contribution < 1.29 is 4.79 Å². The molecule has 0 fully saturated rings. The smallest absolute Gasteiger partial charge is 0.255 e. The third-order valence-electron chi connectivity index (χ3n) is 2.66. The molecule has 1 N–H and O–H groups in total. The van der Waals surface area contributed by atoms with Crippen molar-refractivity contribution in [3.63, 3.8) is 0 Å². The summed E-state index contributed by atoms with van der Waals surface area (Å²) in [4.78, 5) is 12.2. The van der Waals surface area contributed by atoms with Gasteiger partial charge in [0.15, 0.2) is 0 Å². The number of hydrogen-bond donors (Lipinski definition) is 1. The predicted molar refractivity (Wildman–Crippen MR) is 74.7 cm³/mol. The van der Waals surface area contributed by atoms with Crippen LogP contribution in [0.5, 0.6) is 0 Å². The lowest BCUT2D eigenvalue weighted by Crippen LogP contribution is -2.13. The van der Waals surface area contributed by atoms with Gasteiger partial charge in [0.25, 0.3) is 5.91 Å². The molecule has 2 nitrogen and oxygen atoms in total. The van der Waals surface area contributed by atoms with E-state index in [2.05, 4.69) is 11.9 Å². The Morgan fingerprint density at radius 3 is 2.44 bits per heavy atom. The van der Waals surface area contributed by atoms with Crippen LogP contribution < -0.4 is 5.32 Å². The molecule has 0 aliphatic carbocycles. The maximum Gasteiger partial charge on any atom is 0.255 e. The summed E-state index contributed by atoms with van der Waals surface area (Å²) in [5, 5.41) is 2.88.